The zero-order valence-electron chi connectivity index (χ0n) is 9.87. The number of non-ortho nitro benzene ring substituents is 1. The molecular weight excluding hydrogens is 323 g/mol. The van der Waals surface area contributed by atoms with Crippen molar-refractivity contribution in [2.75, 3.05) is 11.2 Å². The molecule has 0 radical (unpaired) electrons. The molecule has 0 saturated carbocycles. The summed E-state index contributed by atoms with van der Waals surface area (Å²) in [5.41, 5.74) is -0.275. The molecule has 0 aliphatic heterocycles. The number of nitro groups is 1. The van der Waals surface area contributed by atoms with Crippen molar-refractivity contribution >= 4 is 44.8 Å². The second-order valence-electron chi connectivity index (χ2n) is 4.39. The first-order valence-corrected chi connectivity index (χ1v) is 6.42. The van der Waals surface area contributed by atoms with Crippen molar-refractivity contribution in [1.29, 1.82) is 0 Å². The van der Waals surface area contributed by atoms with Crippen LogP contribution in [0.1, 0.15) is 13.8 Å². The Bertz CT molecular complexity index is 491. The minimum absolute atomic E-state index is 0.0449. The highest BCUT2D eigenvalue weighted by molar-refractivity contribution is 9.10. The maximum Gasteiger partial charge on any atom is 0.270 e. The zero-order valence-corrected chi connectivity index (χ0v) is 12.2. The number of carbonyl (C=O) groups excluding carboxylic acids is 1. The molecule has 0 aliphatic rings. The predicted octanol–water partition coefficient (Wildman–Crippen LogP) is 3.56. The molecule has 1 aromatic rings. The van der Waals surface area contributed by atoms with E-state index >= 15 is 0 Å². The SMILES string of the molecule is CC(C)(CCl)C(=O)Nc1ccc([N+](=O)[O-])cc1Br. The van der Waals surface area contributed by atoms with Gasteiger partial charge in [-0.3, -0.25) is 14.9 Å². The Kier molecular flexibility index (Phi) is 4.70. The monoisotopic (exact) mass is 334 g/mol. The van der Waals surface area contributed by atoms with Crippen LogP contribution in [-0.2, 0) is 4.79 Å². The lowest BCUT2D eigenvalue weighted by molar-refractivity contribution is -0.384. The highest BCUT2D eigenvalue weighted by Crippen LogP contribution is 2.29. The molecule has 0 saturated heterocycles. The molecule has 1 N–H and O–H groups in total. The van der Waals surface area contributed by atoms with Crippen molar-refractivity contribution in [1.82, 2.24) is 0 Å². The van der Waals surface area contributed by atoms with Gasteiger partial charge in [-0.2, -0.15) is 0 Å². The molecule has 0 unspecified atom stereocenters. The fourth-order valence-electron chi connectivity index (χ4n) is 1.07. The second-order valence-corrected chi connectivity index (χ2v) is 5.51. The Balaban J connectivity index is 2.93. The molecule has 7 heteroatoms. The Hall–Kier alpha value is -1.14. The topological polar surface area (TPSA) is 72.2 Å². The van der Waals surface area contributed by atoms with E-state index < -0.39 is 10.3 Å². The van der Waals surface area contributed by atoms with Crippen molar-refractivity contribution < 1.29 is 9.72 Å². The molecule has 5 nitrogen and oxygen atoms in total. The molecule has 0 atom stereocenters. The minimum atomic E-state index is -0.706. The molecule has 0 aromatic heterocycles. The normalized spacial score (nSPS) is 11.1. The van der Waals surface area contributed by atoms with Crippen LogP contribution in [-0.4, -0.2) is 16.7 Å². The van der Waals surface area contributed by atoms with Gasteiger partial charge in [0.05, 0.1) is 16.0 Å². The largest absolute Gasteiger partial charge is 0.325 e. The van der Waals surface area contributed by atoms with Gasteiger partial charge in [-0.25, -0.2) is 0 Å². The van der Waals surface area contributed by atoms with Crippen LogP contribution in [0.15, 0.2) is 22.7 Å². The average molecular weight is 336 g/mol. The summed E-state index contributed by atoms with van der Waals surface area (Å²) < 4.78 is 0.454. The van der Waals surface area contributed by atoms with E-state index in [0.717, 1.165) is 0 Å². The van der Waals surface area contributed by atoms with E-state index in [0.29, 0.717) is 10.2 Å². The Morgan fingerprint density at radius 2 is 2.17 bits per heavy atom. The summed E-state index contributed by atoms with van der Waals surface area (Å²) in [6.45, 7) is 3.43. The highest BCUT2D eigenvalue weighted by atomic mass is 79.9. The molecule has 0 bridgehead atoms. The minimum Gasteiger partial charge on any atom is -0.325 e. The lowest BCUT2D eigenvalue weighted by Gasteiger charge is -2.20. The lowest BCUT2D eigenvalue weighted by Crippen LogP contribution is -2.32. The summed E-state index contributed by atoms with van der Waals surface area (Å²) in [7, 11) is 0. The van der Waals surface area contributed by atoms with Crippen LogP contribution in [0.3, 0.4) is 0 Å². The maximum absolute atomic E-state index is 11.9. The maximum atomic E-state index is 11.9. The molecule has 0 fully saturated rings. The smallest absolute Gasteiger partial charge is 0.270 e. The molecule has 0 spiro atoms. The van der Waals surface area contributed by atoms with E-state index in [1.54, 1.807) is 13.8 Å². The third-order valence-corrected chi connectivity index (χ3v) is 3.68. The first-order chi connectivity index (χ1) is 8.27. The Labute approximate surface area is 118 Å². The molecule has 0 heterocycles. The first kappa shape index (κ1) is 14.9. The van der Waals surface area contributed by atoms with Crippen LogP contribution in [0.5, 0.6) is 0 Å². The summed E-state index contributed by atoms with van der Waals surface area (Å²) in [4.78, 5) is 22.0. The fourth-order valence-corrected chi connectivity index (χ4v) is 1.66. The number of nitro benzene ring substituents is 1. The van der Waals surface area contributed by atoms with E-state index in [9.17, 15) is 14.9 Å². The summed E-state index contributed by atoms with van der Waals surface area (Å²) in [6.07, 6.45) is 0. The van der Waals surface area contributed by atoms with Gasteiger partial charge < -0.3 is 5.32 Å². The van der Waals surface area contributed by atoms with E-state index in [1.807, 2.05) is 0 Å². The van der Waals surface area contributed by atoms with E-state index in [4.69, 9.17) is 11.6 Å². The molecular formula is C11H12BrClN2O3. The van der Waals surface area contributed by atoms with Crippen LogP contribution in [0.25, 0.3) is 0 Å². The first-order valence-electron chi connectivity index (χ1n) is 5.09. The number of carbonyl (C=O) groups is 1. The van der Waals surface area contributed by atoms with Crippen molar-refractivity contribution in [2.24, 2.45) is 5.41 Å². The highest BCUT2D eigenvalue weighted by Gasteiger charge is 2.27. The van der Waals surface area contributed by atoms with Crippen molar-refractivity contribution in [3.63, 3.8) is 0 Å². The van der Waals surface area contributed by atoms with Crippen LogP contribution < -0.4 is 5.32 Å². The number of rotatable bonds is 4. The zero-order chi connectivity index (χ0) is 13.9. The van der Waals surface area contributed by atoms with Gasteiger partial charge in [0, 0.05) is 22.5 Å². The van der Waals surface area contributed by atoms with E-state index in [2.05, 4.69) is 21.2 Å². The van der Waals surface area contributed by atoms with Gasteiger partial charge in [0.2, 0.25) is 5.91 Å². The second kappa shape index (κ2) is 5.67. The van der Waals surface area contributed by atoms with Crippen molar-refractivity contribution in [3.8, 4) is 0 Å². The Morgan fingerprint density at radius 1 is 1.56 bits per heavy atom. The van der Waals surface area contributed by atoms with Gasteiger partial charge in [-0.15, -0.1) is 11.6 Å². The number of benzene rings is 1. The van der Waals surface area contributed by atoms with E-state index in [-0.39, 0.29) is 17.5 Å². The predicted molar refractivity (Wildman–Crippen MR) is 73.9 cm³/mol. The van der Waals surface area contributed by atoms with Gasteiger partial charge >= 0.3 is 0 Å². The van der Waals surface area contributed by atoms with Crippen LogP contribution in [0, 0.1) is 15.5 Å². The lowest BCUT2D eigenvalue weighted by atomic mass is 9.95. The van der Waals surface area contributed by atoms with Crippen LogP contribution >= 0.6 is 27.5 Å². The Morgan fingerprint density at radius 3 is 2.61 bits per heavy atom. The average Bonchev–Trinajstić information content (AvgIpc) is 2.31. The standard InChI is InChI=1S/C11H12BrClN2O3/c1-11(2,6-13)10(16)14-9-4-3-7(15(17)18)5-8(9)12/h3-5H,6H2,1-2H3,(H,14,16). The molecule has 18 heavy (non-hydrogen) atoms. The number of halogens is 2. The van der Waals surface area contributed by atoms with Crippen LogP contribution in [0.4, 0.5) is 11.4 Å². The quantitative estimate of drug-likeness (QED) is 0.519. The van der Waals surface area contributed by atoms with Crippen LogP contribution in [0.2, 0.25) is 0 Å². The van der Waals surface area contributed by atoms with Gasteiger partial charge in [-0.05, 0) is 35.8 Å². The molecule has 0 aliphatic carbocycles. The van der Waals surface area contributed by atoms with Crippen molar-refractivity contribution in [2.45, 2.75) is 13.8 Å². The van der Waals surface area contributed by atoms with E-state index in [1.165, 1.54) is 18.2 Å². The summed E-state index contributed by atoms with van der Waals surface area (Å²) in [6, 6.07) is 4.14. The number of hydrogen-bond donors (Lipinski definition) is 1. The molecule has 1 amide bonds. The van der Waals surface area contributed by atoms with Gasteiger partial charge in [0.1, 0.15) is 0 Å². The molecule has 1 aromatic carbocycles. The van der Waals surface area contributed by atoms with Crippen molar-refractivity contribution in [3.05, 3.63) is 32.8 Å². The fraction of sp³-hybridized carbons (Fsp3) is 0.364. The summed E-state index contributed by atoms with van der Waals surface area (Å²) >= 11 is 8.88. The number of nitrogens with one attached hydrogen (secondary N) is 1. The number of nitrogens with zero attached hydrogens (tertiary/aromatic N) is 1. The van der Waals surface area contributed by atoms with Gasteiger partial charge in [0.25, 0.3) is 5.69 Å². The molecule has 98 valence electrons. The van der Waals surface area contributed by atoms with Gasteiger partial charge in [-0.1, -0.05) is 0 Å². The number of amides is 1. The summed E-state index contributed by atoms with van der Waals surface area (Å²) in [5, 5.41) is 13.2. The number of alkyl halides is 1. The third-order valence-electron chi connectivity index (χ3n) is 2.36. The molecule has 1 rings (SSSR count). The number of hydrogen-bond acceptors (Lipinski definition) is 3. The third kappa shape index (κ3) is 3.43. The number of anilines is 1. The summed E-state index contributed by atoms with van der Waals surface area (Å²) in [5.74, 6) is -0.0595. The van der Waals surface area contributed by atoms with Gasteiger partial charge in [0.15, 0.2) is 0 Å².